The summed E-state index contributed by atoms with van der Waals surface area (Å²) < 4.78 is 6.70. The highest BCUT2D eigenvalue weighted by atomic mass is 35.5. The Bertz CT molecular complexity index is 859. The van der Waals surface area contributed by atoms with Crippen LogP contribution in [0.25, 0.3) is 5.69 Å². The Morgan fingerprint density at radius 1 is 1.40 bits per heavy atom. The Morgan fingerprint density at radius 3 is 2.92 bits per heavy atom. The summed E-state index contributed by atoms with van der Waals surface area (Å²) >= 11 is 7.54. The van der Waals surface area contributed by atoms with E-state index in [0.717, 1.165) is 17.0 Å². The van der Waals surface area contributed by atoms with Gasteiger partial charge in [0, 0.05) is 16.3 Å². The molecule has 9 heteroatoms. The van der Waals surface area contributed by atoms with Crippen molar-refractivity contribution in [3.05, 3.63) is 52.9 Å². The lowest BCUT2D eigenvalue weighted by molar-refractivity contribution is -0.113. The summed E-state index contributed by atoms with van der Waals surface area (Å²) in [6, 6.07) is 5.21. The first-order chi connectivity index (χ1) is 12.0. The van der Waals surface area contributed by atoms with Gasteiger partial charge in [0.1, 0.15) is 18.4 Å². The van der Waals surface area contributed by atoms with Gasteiger partial charge in [0.15, 0.2) is 0 Å². The highest BCUT2D eigenvalue weighted by molar-refractivity contribution is 7.99. The standard InChI is InChI=1S/C16H16ClN5O2S/c1-10-13(11(2)24-21-10)6-25-7-16(23)20-14-5-12(17)3-4-15(14)22-9-18-8-19-22/h3-5,8-9H,6-7H2,1-2H3,(H,20,23). The van der Waals surface area contributed by atoms with Crippen LogP contribution < -0.4 is 5.32 Å². The number of carbonyl (C=O) groups is 1. The third-order valence-corrected chi connectivity index (χ3v) is 4.75. The van der Waals surface area contributed by atoms with Crippen LogP contribution >= 0.6 is 23.4 Å². The van der Waals surface area contributed by atoms with Crippen molar-refractivity contribution in [1.82, 2.24) is 19.9 Å². The molecule has 0 aliphatic carbocycles. The van der Waals surface area contributed by atoms with Gasteiger partial charge in [-0.3, -0.25) is 4.79 Å². The zero-order valence-corrected chi connectivity index (χ0v) is 15.3. The number of halogens is 1. The summed E-state index contributed by atoms with van der Waals surface area (Å²) in [4.78, 5) is 16.2. The highest BCUT2D eigenvalue weighted by Crippen LogP contribution is 2.25. The summed E-state index contributed by atoms with van der Waals surface area (Å²) in [6.45, 7) is 3.76. The van der Waals surface area contributed by atoms with E-state index in [0.29, 0.717) is 27.9 Å². The predicted octanol–water partition coefficient (Wildman–Crippen LogP) is 3.40. The lowest BCUT2D eigenvalue weighted by Gasteiger charge is -2.11. The molecular weight excluding hydrogens is 362 g/mol. The van der Waals surface area contributed by atoms with E-state index < -0.39 is 0 Å². The van der Waals surface area contributed by atoms with Gasteiger partial charge in [0.2, 0.25) is 5.91 Å². The van der Waals surface area contributed by atoms with Gasteiger partial charge >= 0.3 is 0 Å². The van der Waals surface area contributed by atoms with E-state index in [2.05, 4.69) is 20.6 Å². The molecule has 0 aliphatic rings. The van der Waals surface area contributed by atoms with Crippen LogP contribution in [0.3, 0.4) is 0 Å². The monoisotopic (exact) mass is 377 g/mol. The summed E-state index contributed by atoms with van der Waals surface area (Å²) in [7, 11) is 0. The molecule has 130 valence electrons. The van der Waals surface area contributed by atoms with E-state index in [1.165, 1.54) is 18.1 Å². The first kappa shape index (κ1) is 17.5. The molecule has 2 heterocycles. The van der Waals surface area contributed by atoms with E-state index in [9.17, 15) is 4.79 Å². The van der Waals surface area contributed by atoms with Crippen molar-refractivity contribution in [2.24, 2.45) is 0 Å². The molecular formula is C16H16ClN5O2S. The molecule has 0 radical (unpaired) electrons. The number of nitrogens with one attached hydrogen (secondary N) is 1. The average molecular weight is 378 g/mol. The molecule has 0 saturated carbocycles. The van der Waals surface area contributed by atoms with Crippen LogP contribution in [-0.4, -0.2) is 31.6 Å². The van der Waals surface area contributed by atoms with Gasteiger partial charge in [0.25, 0.3) is 0 Å². The zero-order chi connectivity index (χ0) is 17.8. The molecule has 0 bridgehead atoms. The van der Waals surface area contributed by atoms with E-state index in [-0.39, 0.29) is 5.91 Å². The third kappa shape index (κ3) is 4.21. The topological polar surface area (TPSA) is 85.8 Å². The number of anilines is 1. The smallest absolute Gasteiger partial charge is 0.234 e. The molecule has 0 spiro atoms. The van der Waals surface area contributed by atoms with Crippen LogP contribution in [-0.2, 0) is 10.5 Å². The Labute approximate surface area is 153 Å². The number of amides is 1. The maximum absolute atomic E-state index is 12.3. The number of carbonyl (C=O) groups excluding carboxylic acids is 1. The van der Waals surface area contributed by atoms with Crippen molar-refractivity contribution in [3.8, 4) is 5.69 Å². The van der Waals surface area contributed by atoms with Gasteiger partial charge in [-0.05, 0) is 32.0 Å². The SMILES string of the molecule is Cc1noc(C)c1CSCC(=O)Nc1cc(Cl)ccc1-n1cncn1. The van der Waals surface area contributed by atoms with E-state index in [4.69, 9.17) is 16.1 Å². The number of rotatable bonds is 6. The van der Waals surface area contributed by atoms with Crippen molar-refractivity contribution in [2.75, 3.05) is 11.1 Å². The van der Waals surface area contributed by atoms with Crippen LogP contribution in [0.1, 0.15) is 17.0 Å². The molecule has 25 heavy (non-hydrogen) atoms. The molecule has 1 N–H and O–H groups in total. The van der Waals surface area contributed by atoms with E-state index >= 15 is 0 Å². The minimum Gasteiger partial charge on any atom is -0.361 e. The van der Waals surface area contributed by atoms with Gasteiger partial charge in [-0.2, -0.15) is 5.10 Å². The fourth-order valence-electron chi connectivity index (χ4n) is 2.28. The van der Waals surface area contributed by atoms with Crippen LogP contribution in [0.4, 0.5) is 5.69 Å². The van der Waals surface area contributed by atoms with Gasteiger partial charge < -0.3 is 9.84 Å². The predicted molar refractivity (Wildman–Crippen MR) is 97.1 cm³/mol. The highest BCUT2D eigenvalue weighted by Gasteiger charge is 2.12. The molecule has 3 aromatic rings. The quantitative estimate of drug-likeness (QED) is 0.708. The number of nitrogens with zero attached hydrogens (tertiary/aromatic N) is 4. The second-order valence-corrected chi connectivity index (χ2v) is 6.77. The Balaban J connectivity index is 1.64. The average Bonchev–Trinajstić information content (AvgIpc) is 3.20. The van der Waals surface area contributed by atoms with Crippen molar-refractivity contribution < 1.29 is 9.32 Å². The van der Waals surface area contributed by atoms with Crippen LogP contribution in [0.5, 0.6) is 0 Å². The maximum Gasteiger partial charge on any atom is 0.234 e. The summed E-state index contributed by atoms with van der Waals surface area (Å²) in [6.07, 6.45) is 2.99. The molecule has 0 unspecified atom stereocenters. The molecule has 0 saturated heterocycles. The largest absolute Gasteiger partial charge is 0.361 e. The number of hydrogen-bond acceptors (Lipinski definition) is 6. The zero-order valence-electron chi connectivity index (χ0n) is 13.7. The molecule has 1 amide bonds. The summed E-state index contributed by atoms with van der Waals surface area (Å²) in [5, 5.41) is 11.4. The lowest BCUT2D eigenvalue weighted by Crippen LogP contribution is -2.16. The minimum absolute atomic E-state index is 0.125. The number of benzene rings is 1. The molecule has 0 aliphatic heterocycles. The van der Waals surface area contributed by atoms with Gasteiger partial charge in [-0.25, -0.2) is 9.67 Å². The third-order valence-electron chi connectivity index (χ3n) is 3.56. The van der Waals surface area contributed by atoms with Crippen molar-refractivity contribution >= 4 is 35.0 Å². The second kappa shape index (κ2) is 7.71. The normalized spacial score (nSPS) is 10.8. The van der Waals surface area contributed by atoms with Gasteiger partial charge in [-0.1, -0.05) is 16.8 Å². The van der Waals surface area contributed by atoms with E-state index in [1.807, 2.05) is 13.8 Å². The minimum atomic E-state index is -0.125. The number of aryl methyl sites for hydroxylation is 2. The van der Waals surface area contributed by atoms with Crippen LogP contribution in [0.15, 0.2) is 35.4 Å². The Hall–Kier alpha value is -2.32. The molecule has 3 rings (SSSR count). The fraction of sp³-hybridized carbons (Fsp3) is 0.250. The number of aromatic nitrogens is 4. The first-order valence-electron chi connectivity index (χ1n) is 7.48. The molecule has 0 fully saturated rings. The lowest BCUT2D eigenvalue weighted by atomic mass is 10.2. The van der Waals surface area contributed by atoms with Crippen molar-refractivity contribution in [2.45, 2.75) is 19.6 Å². The van der Waals surface area contributed by atoms with Crippen LogP contribution in [0, 0.1) is 13.8 Å². The van der Waals surface area contributed by atoms with Gasteiger partial charge in [-0.15, -0.1) is 11.8 Å². The molecule has 1 aromatic carbocycles. The second-order valence-electron chi connectivity index (χ2n) is 5.35. The Kier molecular flexibility index (Phi) is 5.40. The maximum atomic E-state index is 12.3. The Morgan fingerprint density at radius 2 is 2.24 bits per heavy atom. The van der Waals surface area contributed by atoms with Crippen molar-refractivity contribution in [3.63, 3.8) is 0 Å². The number of hydrogen-bond donors (Lipinski definition) is 1. The van der Waals surface area contributed by atoms with Crippen LogP contribution in [0.2, 0.25) is 5.02 Å². The fourth-order valence-corrected chi connectivity index (χ4v) is 3.43. The molecule has 2 aromatic heterocycles. The summed E-state index contributed by atoms with van der Waals surface area (Å²) in [5.74, 6) is 1.63. The molecule has 7 nitrogen and oxygen atoms in total. The molecule has 0 atom stereocenters. The van der Waals surface area contributed by atoms with Gasteiger partial charge in [0.05, 0.1) is 22.8 Å². The number of thioether (sulfide) groups is 1. The van der Waals surface area contributed by atoms with Crippen molar-refractivity contribution in [1.29, 1.82) is 0 Å². The van der Waals surface area contributed by atoms with E-state index in [1.54, 1.807) is 29.2 Å². The first-order valence-corrected chi connectivity index (χ1v) is 9.01. The summed E-state index contributed by atoms with van der Waals surface area (Å²) in [5.41, 5.74) is 3.17.